The zero-order valence-electron chi connectivity index (χ0n) is 11.7. The molecule has 0 radical (unpaired) electrons. The van der Waals surface area contributed by atoms with Gasteiger partial charge >= 0.3 is 5.97 Å². The zero-order valence-corrected chi connectivity index (χ0v) is 11.7. The van der Waals surface area contributed by atoms with Gasteiger partial charge in [0.2, 0.25) is 0 Å². The van der Waals surface area contributed by atoms with Gasteiger partial charge in [0.15, 0.2) is 0 Å². The summed E-state index contributed by atoms with van der Waals surface area (Å²) >= 11 is 0. The number of carbonyl (C=O) groups excluding carboxylic acids is 1. The maximum absolute atomic E-state index is 12.0. The summed E-state index contributed by atoms with van der Waals surface area (Å²) in [5.41, 5.74) is 1.85. The highest BCUT2D eigenvalue weighted by Gasteiger charge is 2.26. The molecule has 100 valence electrons. The van der Waals surface area contributed by atoms with E-state index in [2.05, 4.69) is 0 Å². The second-order valence-corrected chi connectivity index (χ2v) is 5.17. The molecule has 0 aliphatic heterocycles. The van der Waals surface area contributed by atoms with Crippen molar-refractivity contribution in [3.63, 3.8) is 0 Å². The van der Waals surface area contributed by atoms with E-state index in [1.807, 2.05) is 45.9 Å². The second kappa shape index (κ2) is 6.01. The van der Waals surface area contributed by atoms with Crippen molar-refractivity contribution in [2.45, 2.75) is 40.7 Å². The van der Waals surface area contributed by atoms with Crippen LogP contribution in [0.15, 0.2) is 18.2 Å². The molecular weight excluding hydrogens is 228 g/mol. The predicted molar refractivity (Wildman–Crippen MR) is 71.6 cm³/mol. The molecule has 0 fully saturated rings. The van der Waals surface area contributed by atoms with Crippen molar-refractivity contribution in [3.8, 4) is 5.75 Å². The molecule has 0 heterocycles. The average molecular weight is 250 g/mol. The zero-order chi connectivity index (χ0) is 13.9. The van der Waals surface area contributed by atoms with Crippen LogP contribution in [0.5, 0.6) is 5.75 Å². The third-order valence-electron chi connectivity index (χ3n) is 3.18. The minimum absolute atomic E-state index is 0.0329. The Balaban J connectivity index is 2.82. The summed E-state index contributed by atoms with van der Waals surface area (Å²) in [6.45, 7) is 9.26. The molecular formula is C15H22O3. The summed E-state index contributed by atoms with van der Waals surface area (Å²) in [6.07, 6.45) is -0.679. The predicted octanol–water partition coefficient (Wildman–Crippen LogP) is 2.86. The van der Waals surface area contributed by atoms with E-state index in [0.717, 1.165) is 11.1 Å². The first-order valence-corrected chi connectivity index (χ1v) is 6.30. The van der Waals surface area contributed by atoms with E-state index in [1.54, 1.807) is 6.92 Å². The van der Waals surface area contributed by atoms with Crippen LogP contribution in [0.4, 0.5) is 0 Å². The summed E-state index contributed by atoms with van der Waals surface area (Å²) in [5, 5.41) is 9.88. The Bertz CT molecular complexity index is 403. The molecule has 1 aromatic carbocycles. The van der Waals surface area contributed by atoms with Crippen molar-refractivity contribution in [1.82, 2.24) is 0 Å². The number of ether oxygens (including phenoxy) is 1. The first-order valence-electron chi connectivity index (χ1n) is 6.30. The fourth-order valence-corrected chi connectivity index (χ4v) is 1.87. The van der Waals surface area contributed by atoms with Crippen LogP contribution in [0, 0.1) is 25.7 Å². The van der Waals surface area contributed by atoms with E-state index in [9.17, 15) is 9.90 Å². The van der Waals surface area contributed by atoms with Crippen molar-refractivity contribution in [2.75, 3.05) is 0 Å². The molecule has 2 atom stereocenters. The van der Waals surface area contributed by atoms with Gasteiger partial charge in [0.05, 0.1) is 12.0 Å². The van der Waals surface area contributed by atoms with E-state index in [-0.39, 0.29) is 11.9 Å². The molecule has 3 heteroatoms. The van der Waals surface area contributed by atoms with Gasteiger partial charge in [-0.2, -0.15) is 0 Å². The molecule has 0 aromatic heterocycles. The van der Waals surface area contributed by atoms with Crippen LogP contribution in [0.25, 0.3) is 0 Å². The Hall–Kier alpha value is -1.35. The summed E-state index contributed by atoms with van der Waals surface area (Å²) < 4.78 is 5.41. The molecule has 0 amide bonds. The Labute approximate surface area is 109 Å². The molecule has 3 nitrogen and oxygen atoms in total. The van der Waals surface area contributed by atoms with Crippen LogP contribution in [-0.2, 0) is 4.79 Å². The smallest absolute Gasteiger partial charge is 0.316 e. The molecule has 0 spiro atoms. The Kier molecular flexibility index (Phi) is 4.91. The standard InChI is InChI=1S/C15H22O3/c1-9(2)13(16)12(5)15(17)18-14-10(3)7-6-8-11(14)4/h6-9,12-13,16H,1-5H3/t12-,13+/m0/s1. The van der Waals surface area contributed by atoms with Gasteiger partial charge in [0.25, 0.3) is 0 Å². The Morgan fingerprint density at radius 2 is 1.67 bits per heavy atom. The quantitative estimate of drug-likeness (QED) is 0.660. The van der Waals surface area contributed by atoms with Crippen molar-refractivity contribution >= 4 is 5.97 Å². The minimum Gasteiger partial charge on any atom is -0.426 e. The maximum Gasteiger partial charge on any atom is 0.316 e. The molecule has 1 N–H and O–H groups in total. The van der Waals surface area contributed by atoms with Crippen molar-refractivity contribution in [1.29, 1.82) is 0 Å². The van der Waals surface area contributed by atoms with Gasteiger partial charge in [-0.25, -0.2) is 0 Å². The number of carbonyl (C=O) groups is 1. The molecule has 18 heavy (non-hydrogen) atoms. The summed E-state index contributed by atoms with van der Waals surface area (Å²) in [7, 11) is 0. The Morgan fingerprint density at radius 1 is 1.17 bits per heavy atom. The molecule has 0 saturated heterocycles. The monoisotopic (exact) mass is 250 g/mol. The molecule has 0 aliphatic rings. The van der Waals surface area contributed by atoms with Crippen LogP contribution in [-0.4, -0.2) is 17.2 Å². The van der Waals surface area contributed by atoms with Gasteiger partial charge in [-0.3, -0.25) is 4.79 Å². The first-order chi connectivity index (χ1) is 8.34. The van der Waals surface area contributed by atoms with Crippen LogP contribution < -0.4 is 4.74 Å². The van der Waals surface area contributed by atoms with Gasteiger partial charge in [0.1, 0.15) is 5.75 Å². The minimum atomic E-state index is -0.679. The fourth-order valence-electron chi connectivity index (χ4n) is 1.87. The highest BCUT2D eigenvalue weighted by Crippen LogP contribution is 2.24. The first kappa shape index (κ1) is 14.7. The van der Waals surface area contributed by atoms with Gasteiger partial charge < -0.3 is 9.84 Å². The fraction of sp³-hybridized carbons (Fsp3) is 0.533. The average Bonchev–Trinajstić information content (AvgIpc) is 2.31. The van der Waals surface area contributed by atoms with Crippen LogP contribution in [0.2, 0.25) is 0 Å². The van der Waals surface area contributed by atoms with E-state index in [0.29, 0.717) is 5.75 Å². The number of aryl methyl sites for hydroxylation is 2. The van der Waals surface area contributed by atoms with Gasteiger partial charge in [-0.1, -0.05) is 32.0 Å². The van der Waals surface area contributed by atoms with Crippen LogP contribution in [0.1, 0.15) is 31.9 Å². The molecule has 1 aromatic rings. The van der Waals surface area contributed by atoms with E-state index >= 15 is 0 Å². The number of hydrogen-bond donors (Lipinski definition) is 1. The third kappa shape index (κ3) is 3.33. The van der Waals surface area contributed by atoms with Crippen LogP contribution >= 0.6 is 0 Å². The SMILES string of the molecule is Cc1cccc(C)c1OC(=O)[C@@H](C)[C@H](O)C(C)C. The largest absolute Gasteiger partial charge is 0.426 e. The van der Waals surface area contributed by atoms with Crippen LogP contribution in [0.3, 0.4) is 0 Å². The van der Waals surface area contributed by atoms with Gasteiger partial charge in [0, 0.05) is 0 Å². The lowest BCUT2D eigenvalue weighted by Crippen LogP contribution is -2.33. The molecule has 0 unspecified atom stereocenters. The highest BCUT2D eigenvalue weighted by molar-refractivity contribution is 5.76. The summed E-state index contributed by atoms with van der Waals surface area (Å²) in [6, 6.07) is 5.73. The van der Waals surface area contributed by atoms with E-state index in [1.165, 1.54) is 0 Å². The van der Waals surface area contributed by atoms with E-state index < -0.39 is 12.0 Å². The number of aliphatic hydroxyl groups excluding tert-OH is 1. The Morgan fingerprint density at radius 3 is 2.11 bits per heavy atom. The maximum atomic E-state index is 12.0. The number of esters is 1. The number of benzene rings is 1. The number of rotatable bonds is 4. The number of aliphatic hydroxyl groups is 1. The number of hydrogen-bond acceptors (Lipinski definition) is 3. The van der Waals surface area contributed by atoms with Crippen molar-refractivity contribution < 1.29 is 14.6 Å². The van der Waals surface area contributed by atoms with Gasteiger partial charge in [-0.05, 0) is 37.8 Å². The van der Waals surface area contributed by atoms with Gasteiger partial charge in [-0.15, -0.1) is 0 Å². The lowest BCUT2D eigenvalue weighted by molar-refractivity contribution is -0.143. The second-order valence-electron chi connectivity index (χ2n) is 5.17. The highest BCUT2D eigenvalue weighted by atomic mass is 16.5. The lowest BCUT2D eigenvalue weighted by Gasteiger charge is -2.21. The third-order valence-corrected chi connectivity index (χ3v) is 3.18. The van der Waals surface area contributed by atoms with Crippen molar-refractivity contribution in [2.24, 2.45) is 11.8 Å². The molecule has 0 saturated carbocycles. The molecule has 1 rings (SSSR count). The lowest BCUT2D eigenvalue weighted by atomic mass is 9.95. The topological polar surface area (TPSA) is 46.5 Å². The number of para-hydroxylation sites is 1. The normalized spacial score (nSPS) is 14.4. The molecule has 0 aliphatic carbocycles. The van der Waals surface area contributed by atoms with Crippen molar-refractivity contribution in [3.05, 3.63) is 29.3 Å². The van der Waals surface area contributed by atoms with E-state index in [4.69, 9.17) is 4.74 Å². The molecule has 0 bridgehead atoms. The summed E-state index contributed by atoms with van der Waals surface area (Å²) in [5.74, 6) is -0.270. The summed E-state index contributed by atoms with van der Waals surface area (Å²) in [4.78, 5) is 12.0.